The van der Waals surface area contributed by atoms with Gasteiger partial charge in [0.15, 0.2) is 0 Å². The fraction of sp³-hybridized carbons (Fsp3) is 0.435. The molecule has 8 nitrogen and oxygen atoms in total. The highest BCUT2D eigenvalue weighted by Gasteiger charge is 2.31. The van der Waals surface area contributed by atoms with Crippen molar-refractivity contribution >= 4 is 28.6 Å². The molecule has 0 radical (unpaired) electrons. The number of nitrogens with one attached hydrogen (secondary N) is 2. The predicted molar refractivity (Wildman–Crippen MR) is 124 cm³/mol. The Morgan fingerprint density at radius 3 is 2.66 bits per heavy atom. The molecule has 32 heavy (non-hydrogen) atoms. The summed E-state index contributed by atoms with van der Waals surface area (Å²) in [6.45, 7) is 2.61. The van der Waals surface area contributed by atoms with Crippen molar-refractivity contribution in [2.45, 2.75) is 36.7 Å². The minimum absolute atomic E-state index is 0.201. The van der Waals surface area contributed by atoms with E-state index in [0.29, 0.717) is 24.8 Å². The highest BCUT2D eigenvalue weighted by molar-refractivity contribution is 8.15. The zero-order valence-electron chi connectivity index (χ0n) is 17.8. The number of carbonyl (C=O) groups excluding carboxylic acids is 2. The van der Waals surface area contributed by atoms with Gasteiger partial charge in [-0.15, -0.1) is 0 Å². The van der Waals surface area contributed by atoms with Crippen molar-refractivity contribution < 1.29 is 19.4 Å². The summed E-state index contributed by atoms with van der Waals surface area (Å²) in [6.07, 6.45) is 5.30. The van der Waals surface area contributed by atoms with Crippen molar-refractivity contribution in [3.05, 3.63) is 54.4 Å². The van der Waals surface area contributed by atoms with E-state index < -0.39 is 6.10 Å². The van der Waals surface area contributed by atoms with Crippen LogP contribution >= 0.6 is 11.8 Å². The third kappa shape index (κ3) is 6.21. The highest BCUT2D eigenvalue weighted by Crippen LogP contribution is 2.25. The Morgan fingerprint density at radius 2 is 2.00 bits per heavy atom. The number of thioether (sulfide) groups is 1. The largest absolute Gasteiger partial charge is 0.489 e. The molecule has 2 aliphatic rings. The van der Waals surface area contributed by atoms with Crippen molar-refractivity contribution in [1.29, 1.82) is 0 Å². The highest BCUT2D eigenvalue weighted by atomic mass is 32.2. The number of imide groups is 1. The Hall–Kier alpha value is -2.62. The van der Waals surface area contributed by atoms with E-state index in [9.17, 15) is 14.7 Å². The smallest absolute Gasteiger partial charge is 0.286 e. The molecule has 0 spiro atoms. The number of ether oxygens (including phenoxy) is 1. The van der Waals surface area contributed by atoms with Gasteiger partial charge in [0.1, 0.15) is 18.5 Å². The van der Waals surface area contributed by atoms with Gasteiger partial charge in [-0.25, -0.2) is 0 Å². The second-order valence-corrected chi connectivity index (χ2v) is 9.25. The molecule has 2 atom stereocenters. The van der Waals surface area contributed by atoms with Crippen LogP contribution in [0, 0.1) is 0 Å². The van der Waals surface area contributed by atoms with Crippen molar-refractivity contribution in [3.63, 3.8) is 0 Å². The molecule has 0 saturated carbocycles. The number of benzene rings is 1. The van der Waals surface area contributed by atoms with Gasteiger partial charge in [-0.1, -0.05) is 23.9 Å². The summed E-state index contributed by atoms with van der Waals surface area (Å²) in [5, 5.41) is 15.3. The second-order valence-electron chi connectivity index (χ2n) is 8.08. The van der Waals surface area contributed by atoms with Crippen molar-refractivity contribution in [2.24, 2.45) is 0 Å². The average Bonchev–Trinajstić information content (AvgIpc) is 3.14. The van der Waals surface area contributed by atoms with Crippen molar-refractivity contribution in [3.8, 4) is 5.75 Å². The van der Waals surface area contributed by atoms with Crippen LogP contribution in [0.3, 0.4) is 0 Å². The van der Waals surface area contributed by atoms with Gasteiger partial charge in [0.05, 0.1) is 11.4 Å². The van der Waals surface area contributed by atoms with E-state index in [1.807, 2.05) is 18.2 Å². The minimum atomic E-state index is -0.573. The van der Waals surface area contributed by atoms with Crippen LogP contribution in [0.4, 0.5) is 10.5 Å². The lowest BCUT2D eigenvalue weighted by Gasteiger charge is -2.34. The number of amides is 2. The molecule has 3 heterocycles. The predicted octanol–water partition coefficient (Wildman–Crippen LogP) is 1.97. The quantitative estimate of drug-likeness (QED) is 0.526. The number of piperidine rings is 1. The first-order valence-corrected chi connectivity index (χ1v) is 11.7. The summed E-state index contributed by atoms with van der Waals surface area (Å²) in [7, 11) is 0. The first-order valence-electron chi connectivity index (χ1n) is 10.9. The van der Waals surface area contributed by atoms with Gasteiger partial charge in [-0.2, -0.15) is 0 Å². The molecular weight excluding hydrogens is 428 g/mol. The van der Waals surface area contributed by atoms with Crippen LogP contribution in [0.25, 0.3) is 0 Å². The summed E-state index contributed by atoms with van der Waals surface area (Å²) in [4.78, 5) is 29.4. The van der Waals surface area contributed by atoms with E-state index in [4.69, 9.17) is 4.74 Å². The number of carbonyl (C=O) groups is 2. The van der Waals surface area contributed by atoms with Gasteiger partial charge in [0.25, 0.3) is 5.24 Å². The summed E-state index contributed by atoms with van der Waals surface area (Å²) in [5.74, 6) is 0.456. The SMILES string of the molecule is O=C1NC(=O)C(Cc2ccc(N3CCC(NC[C@H](O)COc4cccnc4)CC3)cc2)S1. The number of nitrogens with zero attached hydrogens (tertiary/aromatic N) is 2. The van der Waals surface area contributed by atoms with Crippen LogP contribution in [-0.2, 0) is 11.2 Å². The lowest BCUT2D eigenvalue weighted by atomic mass is 10.0. The Bertz CT molecular complexity index is 904. The maximum atomic E-state index is 11.7. The molecule has 9 heteroatoms. The molecule has 0 bridgehead atoms. The van der Waals surface area contributed by atoms with Crippen LogP contribution in [0.15, 0.2) is 48.8 Å². The summed E-state index contributed by atoms with van der Waals surface area (Å²) < 4.78 is 5.54. The number of pyridine rings is 1. The maximum Gasteiger partial charge on any atom is 0.286 e. The normalized spacial score (nSPS) is 20.3. The lowest BCUT2D eigenvalue weighted by Crippen LogP contribution is -2.45. The molecule has 3 N–H and O–H groups in total. The van der Waals surface area contributed by atoms with Crippen LogP contribution in [-0.4, -0.2) is 64.9 Å². The molecular formula is C23H28N4O4S. The fourth-order valence-electron chi connectivity index (χ4n) is 3.91. The van der Waals surface area contributed by atoms with E-state index in [-0.39, 0.29) is 23.0 Å². The van der Waals surface area contributed by atoms with Crippen LogP contribution in [0.2, 0.25) is 0 Å². The third-order valence-electron chi connectivity index (χ3n) is 5.70. The lowest BCUT2D eigenvalue weighted by molar-refractivity contribution is -0.118. The Labute approximate surface area is 191 Å². The molecule has 2 fully saturated rings. The zero-order valence-corrected chi connectivity index (χ0v) is 18.6. The Kier molecular flexibility index (Phi) is 7.62. The molecule has 170 valence electrons. The van der Waals surface area contributed by atoms with E-state index in [0.717, 1.165) is 48.9 Å². The topological polar surface area (TPSA) is 104 Å². The number of aromatic nitrogens is 1. The third-order valence-corrected chi connectivity index (χ3v) is 6.68. The Morgan fingerprint density at radius 1 is 1.22 bits per heavy atom. The van der Waals surface area contributed by atoms with Gasteiger partial charge in [-0.05, 0) is 49.1 Å². The molecule has 2 aromatic rings. The van der Waals surface area contributed by atoms with E-state index in [1.54, 1.807) is 18.5 Å². The zero-order chi connectivity index (χ0) is 22.3. The van der Waals surface area contributed by atoms with Crippen LogP contribution < -0.4 is 20.3 Å². The standard InChI is InChI=1S/C23H28N4O4S/c28-19(15-31-20-2-1-9-24-14-20)13-25-17-7-10-27(11-8-17)18-5-3-16(4-6-18)12-21-22(29)26-23(30)32-21/h1-6,9,14,17,19,21,25,28H,7-8,10-13,15H2,(H,26,29,30)/t19-,21?/m0/s1. The molecule has 1 aromatic carbocycles. The second kappa shape index (κ2) is 10.8. The monoisotopic (exact) mass is 456 g/mol. The molecule has 4 rings (SSSR count). The molecule has 0 aliphatic carbocycles. The average molecular weight is 457 g/mol. The summed E-state index contributed by atoms with van der Waals surface area (Å²) in [5.41, 5.74) is 2.21. The molecule has 1 unspecified atom stereocenters. The number of hydrogen-bond acceptors (Lipinski definition) is 8. The number of rotatable bonds is 9. The van der Waals surface area contributed by atoms with E-state index in [1.165, 1.54) is 0 Å². The van der Waals surface area contributed by atoms with E-state index in [2.05, 4.69) is 32.7 Å². The van der Waals surface area contributed by atoms with Gasteiger partial charge in [-0.3, -0.25) is 19.9 Å². The molecule has 1 aromatic heterocycles. The first-order chi connectivity index (χ1) is 15.6. The van der Waals surface area contributed by atoms with Gasteiger partial charge in [0.2, 0.25) is 5.91 Å². The fourth-order valence-corrected chi connectivity index (χ4v) is 4.77. The maximum absolute atomic E-state index is 11.7. The molecule has 2 amide bonds. The van der Waals surface area contributed by atoms with Crippen LogP contribution in [0.1, 0.15) is 18.4 Å². The number of aliphatic hydroxyl groups is 1. The number of hydrogen-bond donors (Lipinski definition) is 3. The van der Waals surface area contributed by atoms with Gasteiger partial charge >= 0.3 is 0 Å². The van der Waals surface area contributed by atoms with Gasteiger partial charge < -0.3 is 20.1 Å². The van der Waals surface area contributed by atoms with Crippen LogP contribution in [0.5, 0.6) is 5.75 Å². The van der Waals surface area contributed by atoms with Crippen molar-refractivity contribution in [1.82, 2.24) is 15.6 Å². The summed E-state index contributed by atoms with van der Waals surface area (Å²) >= 11 is 1.06. The minimum Gasteiger partial charge on any atom is -0.489 e. The molecule has 2 saturated heterocycles. The number of anilines is 1. The van der Waals surface area contributed by atoms with Gasteiger partial charge in [0, 0.05) is 37.6 Å². The summed E-state index contributed by atoms with van der Waals surface area (Å²) in [6, 6.07) is 12.2. The van der Waals surface area contributed by atoms with E-state index >= 15 is 0 Å². The Balaban J connectivity index is 1.16. The van der Waals surface area contributed by atoms with Crippen molar-refractivity contribution in [2.75, 3.05) is 31.1 Å². The number of aliphatic hydroxyl groups excluding tert-OH is 1. The molecule has 2 aliphatic heterocycles. The first kappa shape index (κ1) is 22.6.